The van der Waals surface area contributed by atoms with E-state index in [2.05, 4.69) is 20.7 Å². The van der Waals surface area contributed by atoms with Crippen LogP contribution in [0.5, 0.6) is 5.75 Å². The van der Waals surface area contributed by atoms with Gasteiger partial charge in [0.15, 0.2) is 6.79 Å². The minimum atomic E-state index is -0.405. The molecule has 0 bridgehead atoms. The Balaban J connectivity index is 3.10. The summed E-state index contributed by atoms with van der Waals surface area (Å²) in [5, 5.41) is 0. The van der Waals surface area contributed by atoms with E-state index in [1.54, 1.807) is 6.07 Å². The molecule has 1 rings (SSSR count). The third-order valence-electron chi connectivity index (χ3n) is 1.92. The molecule has 0 saturated heterocycles. The van der Waals surface area contributed by atoms with Gasteiger partial charge in [-0.15, -0.1) is 0 Å². The quantitative estimate of drug-likeness (QED) is 0.631. The lowest BCUT2D eigenvalue weighted by Gasteiger charge is -2.11. The highest BCUT2D eigenvalue weighted by Gasteiger charge is 2.15. The van der Waals surface area contributed by atoms with Crippen LogP contribution in [0, 0.1) is 6.92 Å². The molecule has 0 atom stereocenters. The van der Waals surface area contributed by atoms with E-state index >= 15 is 0 Å². The summed E-state index contributed by atoms with van der Waals surface area (Å²) in [4.78, 5) is 11.5. The second-order valence-corrected chi connectivity index (χ2v) is 3.96. The first kappa shape index (κ1) is 13.0. The zero-order valence-electron chi connectivity index (χ0n) is 9.37. The van der Waals surface area contributed by atoms with Gasteiger partial charge in [-0.1, -0.05) is 0 Å². The maximum atomic E-state index is 11.5. The van der Waals surface area contributed by atoms with E-state index in [-0.39, 0.29) is 6.79 Å². The highest BCUT2D eigenvalue weighted by Crippen LogP contribution is 2.30. The van der Waals surface area contributed by atoms with E-state index in [0.717, 1.165) is 5.56 Å². The topological polar surface area (TPSA) is 44.8 Å². The minimum Gasteiger partial charge on any atom is -0.466 e. The molecule has 0 spiro atoms. The zero-order chi connectivity index (χ0) is 12.1. The number of hydrogen-bond acceptors (Lipinski definition) is 4. The first-order valence-electron chi connectivity index (χ1n) is 4.60. The van der Waals surface area contributed by atoms with Crippen LogP contribution in [0.3, 0.4) is 0 Å². The molecule has 0 radical (unpaired) electrons. The molecule has 0 N–H and O–H groups in total. The standard InChI is InChI=1S/C11H13BrO4/c1-7-4-8(11(13)15-3)10(12)9(5-7)16-6-14-2/h4-5H,6H2,1-3H3. The fraction of sp³-hybridized carbons (Fsp3) is 0.364. The van der Waals surface area contributed by atoms with Crippen molar-refractivity contribution in [1.29, 1.82) is 0 Å². The van der Waals surface area contributed by atoms with E-state index in [1.807, 2.05) is 13.0 Å². The van der Waals surface area contributed by atoms with Gasteiger partial charge in [0, 0.05) is 7.11 Å². The lowest BCUT2D eigenvalue weighted by atomic mass is 10.1. The molecule has 0 amide bonds. The summed E-state index contributed by atoms with van der Waals surface area (Å²) in [5.74, 6) is 0.153. The Morgan fingerprint density at radius 2 is 2.06 bits per heavy atom. The summed E-state index contributed by atoms with van der Waals surface area (Å²) in [5.41, 5.74) is 1.35. The number of ether oxygens (including phenoxy) is 3. The number of halogens is 1. The molecule has 1 aromatic rings. The maximum absolute atomic E-state index is 11.5. The molecule has 0 fully saturated rings. The average molecular weight is 289 g/mol. The number of carbonyl (C=O) groups excluding carboxylic acids is 1. The molecule has 0 aliphatic heterocycles. The average Bonchev–Trinajstić information content (AvgIpc) is 2.28. The van der Waals surface area contributed by atoms with Gasteiger partial charge in [-0.05, 0) is 40.5 Å². The summed E-state index contributed by atoms with van der Waals surface area (Å²) >= 11 is 3.31. The molecule has 4 nitrogen and oxygen atoms in total. The van der Waals surface area contributed by atoms with Crippen LogP contribution in [-0.4, -0.2) is 27.0 Å². The molecule has 88 valence electrons. The summed E-state index contributed by atoms with van der Waals surface area (Å²) in [7, 11) is 2.87. The Morgan fingerprint density at radius 1 is 1.38 bits per heavy atom. The number of carbonyl (C=O) groups is 1. The van der Waals surface area contributed by atoms with Crippen molar-refractivity contribution >= 4 is 21.9 Å². The van der Waals surface area contributed by atoms with E-state index in [4.69, 9.17) is 9.47 Å². The molecule has 0 aliphatic rings. The molecule has 0 saturated carbocycles. The van der Waals surface area contributed by atoms with Gasteiger partial charge in [0.2, 0.25) is 0 Å². The molecular weight excluding hydrogens is 276 g/mol. The number of hydrogen-bond donors (Lipinski definition) is 0. The van der Waals surface area contributed by atoms with Crippen molar-refractivity contribution in [3.8, 4) is 5.75 Å². The van der Waals surface area contributed by atoms with Crippen LogP contribution in [0.2, 0.25) is 0 Å². The van der Waals surface area contributed by atoms with Crippen molar-refractivity contribution in [2.45, 2.75) is 6.92 Å². The lowest BCUT2D eigenvalue weighted by molar-refractivity contribution is 0.0497. The maximum Gasteiger partial charge on any atom is 0.339 e. The minimum absolute atomic E-state index is 0.128. The van der Waals surface area contributed by atoms with Crippen molar-refractivity contribution < 1.29 is 19.0 Å². The highest BCUT2D eigenvalue weighted by atomic mass is 79.9. The van der Waals surface area contributed by atoms with E-state index in [0.29, 0.717) is 15.8 Å². The third-order valence-corrected chi connectivity index (χ3v) is 2.74. The Morgan fingerprint density at radius 3 is 2.62 bits per heavy atom. The first-order valence-corrected chi connectivity index (χ1v) is 5.39. The van der Waals surface area contributed by atoms with Crippen LogP contribution in [0.4, 0.5) is 0 Å². The summed E-state index contributed by atoms with van der Waals surface area (Å²) in [6.07, 6.45) is 0. The van der Waals surface area contributed by atoms with Crippen LogP contribution in [-0.2, 0) is 9.47 Å². The molecule has 1 aromatic carbocycles. The van der Waals surface area contributed by atoms with Crippen molar-refractivity contribution in [2.24, 2.45) is 0 Å². The van der Waals surface area contributed by atoms with Crippen LogP contribution < -0.4 is 4.74 Å². The van der Waals surface area contributed by atoms with E-state index in [9.17, 15) is 4.79 Å². The Hall–Kier alpha value is -1.07. The van der Waals surface area contributed by atoms with Crippen LogP contribution >= 0.6 is 15.9 Å². The molecule has 16 heavy (non-hydrogen) atoms. The van der Waals surface area contributed by atoms with Crippen LogP contribution in [0.25, 0.3) is 0 Å². The fourth-order valence-corrected chi connectivity index (χ4v) is 1.73. The smallest absolute Gasteiger partial charge is 0.339 e. The second kappa shape index (κ2) is 5.86. The fourth-order valence-electron chi connectivity index (χ4n) is 1.22. The number of rotatable bonds is 4. The van der Waals surface area contributed by atoms with Gasteiger partial charge in [-0.25, -0.2) is 4.79 Å². The van der Waals surface area contributed by atoms with Gasteiger partial charge in [0.1, 0.15) is 5.75 Å². The molecule has 0 aromatic heterocycles. The number of esters is 1. The Bertz CT molecular complexity index is 390. The summed E-state index contributed by atoms with van der Waals surface area (Å²) < 4.78 is 15.4. The SMILES string of the molecule is COCOc1cc(C)cc(C(=O)OC)c1Br. The number of methoxy groups -OCH3 is 2. The largest absolute Gasteiger partial charge is 0.466 e. The molecule has 0 unspecified atom stereocenters. The first-order chi connectivity index (χ1) is 7.60. The van der Waals surface area contributed by atoms with Crippen molar-refractivity contribution in [3.05, 3.63) is 27.7 Å². The van der Waals surface area contributed by atoms with Gasteiger partial charge >= 0.3 is 5.97 Å². The van der Waals surface area contributed by atoms with Gasteiger partial charge in [-0.3, -0.25) is 0 Å². The molecule has 5 heteroatoms. The normalized spacial score (nSPS) is 10.0. The van der Waals surface area contributed by atoms with Crippen molar-refractivity contribution in [2.75, 3.05) is 21.0 Å². The van der Waals surface area contributed by atoms with E-state index in [1.165, 1.54) is 14.2 Å². The van der Waals surface area contributed by atoms with Crippen LogP contribution in [0.1, 0.15) is 15.9 Å². The van der Waals surface area contributed by atoms with Crippen molar-refractivity contribution in [3.63, 3.8) is 0 Å². The third kappa shape index (κ3) is 2.96. The highest BCUT2D eigenvalue weighted by molar-refractivity contribution is 9.10. The summed E-state index contributed by atoms with van der Waals surface area (Å²) in [6, 6.07) is 3.55. The zero-order valence-corrected chi connectivity index (χ0v) is 11.0. The second-order valence-electron chi connectivity index (χ2n) is 3.17. The van der Waals surface area contributed by atoms with Crippen LogP contribution in [0.15, 0.2) is 16.6 Å². The van der Waals surface area contributed by atoms with Gasteiger partial charge in [-0.2, -0.15) is 0 Å². The predicted molar refractivity (Wildman–Crippen MR) is 62.7 cm³/mol. The van der Waals surface area contributed by atoms with E-state index < -0.39 is 5.97 Å². The summed E-state index contributed by atoms with van der Waals surface area (Å²) in [6.45, 7) is 2.00. The van der Waals surface area contributed by atoms with Gasteiger partial charge in [0.25, 0.3) is 0 Å². The lowest BCUT2D eigenvalue weighted by Crippen LogP contribution is -2.06. The molecular formula is C11H13BrO4. The molecule has 0 aliphatic carbocycles. The monoisotopic (exact) mass is 288 g/mol. The van der Waals surface area contributed by atoms with Gasteiger partial charge in [0.05, 0.1) is 17.1 Å². The Labute approximate surface area is 103 Å². The van der Waals surface area contributed by atoms with Gasteiger partial charge < -0.3 is 14.2 Å². The molecule has 0 heterocycles. The number of aryl methyl sites for hydroxylation is 1. The number of benzene rings is 1. The predicted octanol–water partition coefficient (Wildman–Crippen LogP) is 2.53. The Kier molecular flexibility index (Phi) is 4.76. The van der Waals surface area contributed by atoms with Crippen molar-refractivity contribution in [1.82, 2.24) is 0 Å².